The van der Waals surface area contributed by atoms with Gasteiger partial charge >= 0.3 is 0 Å². The maximum atomic E-state index is 6.05. The first-order chi connectivity index (χ1) is 9.13. The second-order valence-corrected chi connectivity index (χ2v) is 4.94. The zero-order chi connectivity index (χ0) is 13.8. The third kappa shape index (κ3) is 3.43. The second-order valence-electron chi connectivity index (χ2n) is 4.09. The quantitative estimate of drug-likeness (QED) is 0.919. The van der Waals surface area contributed by atoms with Crippen molar-refractivity contribution in [1.82, 2.24) is 20.4 Å². The maximum absolute atomic E-state index is 6.05. The molecular formula is C12H14Cl2N4O. The number of pyridine rings is 1. The van der Waals surface area contributed by atoms with Crippen LogP contribution in [0.3, 0.4) is 0 Å². The molecule has 2 aromatic heterocycles. The summed E-state index contributed by atoms with van der Waals surface area (Å²) in [7, 11) is 1.91. The van der Waals surface area contributed by atoms with Gasteiger partial charge in [-0.3, -0.25) is 0 Å². The van der Waals surface area contributed by atoms with E-state index in [1.165, 1.54) is 6.20 Å². The van der Waals surface area contributed by atoms with Crippen LogP contribution in [0.4, 0.5) is 0 Å². The van der Waals surface area contributed by atoms with Crippen LogP contribution in [-0.4, -0.2) is 28.2 Å². The Labute approximate surface area is 121 Å². The summed E-state index contributed by atoms with van der Waals surface area (Å²) < 4.78 is 5.21. The molecule has 102 valence electrons. The summed E-state index contributed by atoms with van der Waals surface area (Å²) in [6.07, 6.45) is 3.15. The molecule has 1 N–H and O–H groups in total. The van der Waals surface area contributed by atoms with E-state index >= 15 is 0 Å². The molecule has 0 amide bonds. The third-order valence-corrected chi connectivity index (χ3v) is 3.30. The van der Waals surface area contributed by atoms with Gasteiger partial charge in [-0.1, -0.05) is 35.3 Å². The van der Waals surface area contributed by atoms with Crippen LogP contribution in [0.1, 0.15) is 19.2 Å². The molecule has 5 nitrogen and oxygen atoms in total. The van der Waals surface area contributed by atoms with Crippen molar-refractivity contribution in [2.24, 2.45) is 0 Å². The first kappa shape index (κ1) is 14.2. The van der Waals surface area contributed by atoms with Gasteiger partial charge in [0.1, 0.15) is 5.69 Å². The van der Waals surface area contributed by atoms with Gasteiger partial charge in [0.15, 0.2) is 0 Å². The average molecular weight is 301 g/mol. The molecule has 0 aliphatic rings. The van der Waals surface area contributed by atoms with Gasteiger partial charge in [0, 0.05) is 18.7 Å². The SMILES string of the molecule is CCC(Cc1nc(-c2ncc(Cl)cc2Cl)no1)NC. The van der Waals surface area contributed by atoms with E-state index in [2.05, 4.69) is 27.4 Å². The van der Waals surface area contributed by atoms with Gasteiger partial charge in [0.05, 0.1) is 10.0 Å². The fourth-order valence-corrected chi connectivity index (χ4v) is 2.14. The Morgan fingerprint density at radius 1 is 1.42 bits per heavy atom. The molecule has 0 bridgehead atoms. The number of rotatable bonds is 5. The van der Waals surface area contributed by atoms with E-state index in [0.717, 1.165) is 6.42 Å². The average Bonchev–Trinajstić information content (AvgIpc) is 2.84. The van der Waals surface area contributed by atoms with Crippen molar-refractivity contribution < 1.29 is 4.52 Å². The molecule has 0 aliphatic carbocycles. The Hall–Kier alpha value is -1.17. The fourth-order valence-electron chi connectivity index (χ4n) is 1.67. The van der Waals surface area contributed by atoms with Gasteiger partial charge in [0.25, 0.3) is 0 Å². The lowest BCUT2D eigenvalue weighted by Gasteiger charge is -2.09. The third-order valence-electron chi connectivity index (χ3n) is 2.81. The predicted molar refractivity (Wildman–Crippen MR) is 74.4 cm³/mol. The number of hydrogen-bond acceptors (Lipinski definition) is 5. The van der Waals surface area contributed by atoms with Crippen molar-refractivity contribution in [3.05, 3.63) is 28.2 Å². The van der Waals surface area contributed by atoms with E-state index in [0.29, 0.717) is 39.9 Å². The van der Waals surface area contributed by atoms with Gasteiger partial charge in [-0.15, -0.1) is 0 Å². The van der Waals surface area contributed by atoms with Crippen LogP contribution in [0.5, 0.6) is 0 Å². The normalized spacial score (nSPS) is 12.6. The second kappa shape index (κ2) is 6.32. The molecule has 2 aromatic rings. The standard InChI is InChI=1S/C12H14Cl2N4O/c1-3-8(15-2)5-10-17-12(18-19-10)11-9(14)4-7(13)6-16-11/h4,6,8,15H,3,5H2,1-2H3. The molecular weight excluding hydrogens is 287 g/mol. The van der Waals surface area contributed by atoms with Crippen molar-refractivity contribution in [3.8, 4) is 11.5 Å². The summed E-state index contributed by atoms with van der Waals surface area (Å²) in [6, 6.07) is 1.91. The van der Waals surface area contributed by atoms with Gasteiger partial charge in [-0.2, -0.15) is 4.98 Å². The first-order valence-electron chi connectivity index (χ1n) is 5.95. The molecule has 0 aliphatic heterocycles. The first-order valence-corrected chi connectivity index (χ1v) is 6.71. The zero-order valence-corrected chi connectivity index (χ0v) is 12.2. The van der Waals surface area contributed by atoms with Gasteiger partial charge in [-0.05, 0) is 19.5 Å². The highest BCUT2D eigenvalue weighted by atomic mass is 35.5. The molecule has 0 radical (unpaired) electrons. The molecule has 7 heteroatoms. The molecule has 0 saturated carbocycles. The lowest BCUT2D eigenvalue weighted by Crippen LogP contribution is -2.26. The molecule has 19 heavy (non-hydrogen) atoms. The van der Waals surface area contributed by atoms with E-state index in [9.17, 15) is 0 Å². The number of halogens is 2. The Balaban J connectivity index is 2.20. The number of nitrogens with one attached hydrogen (secondary N) is 1. The van der Waals surface area contributed by atoms with Crippen LogP contribution in [0.2, 0.25) is 10.0 Å². The number of nitrogens with zero attached hydrogens (tertiary/aromatic N) is 3. The summed E-state index contributed by atoms with van der Waals surface area (Å²) in [4.78, 5) is 8.42. The van der Waals surface area contributed by atoms with E-state index in [1.54, 1.807) is 6.07 Å². The van der Waals surface area contributed by atoms with Crippen LogP contribution in [-0.2, 0) is 6.42 Å². The van der Waals surface area contributed by atoms with Crippen molar-refractivity contribution in [2.75, 3.05) is 7.05 Å². The molecule has 0 fully saturated rings. The smallest absolute Gasteiger partial charge is 0.228 e. The van der Waals surface area contributed by atoms with Crippen molar-refractivity contribution >= 4 is 23.2 Å². The highest BCUT2D eigenvalue weighted by Crippen LogP contribution is 2.25. The molecule has 0 spiro atoms. The number of likely N-dealkylation sites (N-methyl/N-ethyl adjacent to an activating group) is 1. The van der Waals surface area contributed by atoms with Crippen LogP contribution >= 0.6 is 23.2 Å². The van der Waals surface area contributed by atoms with Gasteiger partial charge in [-0.25, -0.2) is 4.98 Å². The summed E-state index contributed by atoms with van der Waals surface area (Å²) in [5, 5.41) is 7.95. The maximum Gasteiger partial charge on any atom is 0.228 e. The topological polar surface area (TPSA) is 63.8 Å². The van der Waals surface area contributed by atoms with E-state index < -0.39 is 0 Å². The molecule has 0 saturated heterocycles. The number of aromatic nitrogens is 3. The van der Waals surface area contributed by atoms with Crippen molar-refractivity contribution in [1.29, 1.82) is 0 Å². The highest BCUT2D eigenvalue weighted by Gasteiger charge is 2.15. The van der Waals surface area contributed by atoms with Gasteiger partial charge < -0.3 is 9.84 Å². The summed E-state index contributed by atoms with van der Waals surface area (Å²) in [5.74, 6) is 0.937. The van der Waals surface area contributed by atoms with E-state index in [1.807, 2.05) is 7.05 Å². The van der Waals surface area contributed by atoms with E-state index in [4.69, 9.17) is 27.7 Å². The molecule has 0 aromatic carbocycles. The molecule has 1 atom stereocenters. The Morgan fingerprint density at radius 3 is 2.84 bits per heavy atom. The van der Waals surface area contributed by atoms with Crippen LogP contribution < -0.4 is 5.32 Å². The monoisotopic (exact) mass is 300 g/mol. The highest BCUT2D eigenvalue weighted by molar-refractivity contribution is 6.35. The number of hydrogen-bond donors (Lipinski definition) is 1. The Morgan fingerprint density at radius 2 is 2.21 bits per heavy atom. The molecule has 2 rings (SSSR count). The minimum Gasteiger partial charge on any atom is -0.339 e. The summed E-state index contributed by atoms with van der Waals surface area (Å²) in [5.41, 5.74) is 0.471. The summed E-state index contributed by atoms with van der Waals surface area (Å²) in [6.45, 7) is 2.09. The van der Waals surface area contributed by atoms with Crippen molar-refractivity contribution in [2.45, 2.75) is 25.8 Å². The minimum absolute atomic E-state index is 0.307. The largest absolute Gasteiger partial charge is 0.339 e. The molecule has 1 unspecified atom stereocenters. The predicted octanol–water partition coefficient (Wildman–Crippen LogP) is 2.98. The zero-order valence-electron chi connectivity index (χ0n) is 10.7. The lowest BCUT2D eigenvalue weighted by atomic mass is 10.1. The van der Waals surface area contributed by atoms with E-state index in [-0.39, 0.29) is 0 Å². The Bertz CT molecular complexity index is 554. The van der Waals surface area contributed by atoms with Crippen LogP contribution in [0, 0.1) is 0 Å². The molecule has 2 heterocycles. The van der Waals surface area contributed by atoms with Crippen molar-refractivity contribution in [3.63, 3.8) is 0 Å². The van der Waals surface area contributed by atoms with Gasteiger partial charge in [0.2, 0.25) is 11.7 Å². The minimum atomic E-state index is 0.307. The Kier molecular flexibility index (Phi) is 4.74. The summed E-state index contributed by atoms with van der Waals surface area (Å²) >= 11 is 11.8. The van der Waals surface area contributed by atoms with Crippen LogP contribution in [0.15, 0.2) is 16.8 Å². The fraction of sp³-hybridized carbons (Fsp3) is 0.417. The van der Waals surface area contributed by atoms with Crippen LogP contribution in [0.25, 0.3) is 11.5 Å². The lowest BCUT2D eigenvalue weighted by molar-refractivity contribution is 0.359.